The molecule has 9 heteroatoms. The molecule has 0 unspecified atom stereocenters. The zero-order valence-corrected chi connectivity index (χ0v) is 18.5. The zero-order chi connectivity index (χ0) is 22.3. The summed E-state index contributed by atoms with van der Waals surface area (Å²) in [5, 5.41) is 6.87. The molecule has 0 fully saturated rings. The summed E-state index contributed by atoms with van der Waals surface area (Å²) in [5.41, 5.74) is 2.08. The lowest BCUT2D eigenvalue weighted by molar-refractivity contribution is -0.113. The highest BCUT2D eigenvalue weighted by atomic mass is 35.5. The van der Waals surface area contributed by atoms with Crippen molar-refractivity contribution in [1.29, 1.82) is 0 Å². The standard InChI is InChI=1S/C23H20ClN3O4S/c24-16-4-1-3-15(11-16)8-10-25-22(29)18-5-2-9-26-23(18)32-13-21(28)27-17-6-7-19-20(12-17)31-14-30-19/h1-7,9,11-12H,8,10,13-14H2,(H,25,29)(H,27,28). The van der Waals surface area contributed by atoms with Gasteiger partial charge in [-0.25, -0.2) is 4.98 Å². The third-order valence-electron chi connectivity index (χ3n) is 4.60. The first-order valence-electron chi connectivity index (χ1n) is 9.88. The van der Waals surface area contributed by atoms with E-state index in [4.69, 9.17) is 21.1 Å². The number of hydrogen-bond donors (Lipinski definition) is 2. The molecule has 0 spiro atoms. The molecule has 0 saturated carbocycles. The van der Waals surface area contributed by atoms with Gasteiger partial charge in [0.2, 0.25) is 12.7 Å². The van der Waals surface area contributed by atoms with Crippen LogP contribution in [-0.2, 0) is 11.2 Å². The van der Waals surface area contributed by atoms with Crippen molar-refractivity contribution in [1.82, 2.24) is 10.3 Å². The Balaban J connectivity index is 1.30. The second kappa shape index (κ2) is 10.4. The van der Waals surface area contributed by atoms with E-state index in [-0.39, 0.29) is 24.4 Å². The summed E-state index contributed by atoms with van der Waals surface area (Å²) in [4.78, 5) is 29.3. The van der Waals surface area contributed by atoms with Crippen LogP contribution in [0.4, 0.5) is 5.69 Å². The number of halogens is 1. The minimum Gasteiger partial charge on any atom is -0.454 e. The van der Waals surface area contributed by atoms with Crippen LogP contribution in [0.5, 0.6) is 11.5 Å². The summed E-state index contributed by atoms with van der Waals surface area (Å²) >= 11 is 7.20. The first-order valence-corrected chi connectivity index (χ1v) is 11.2. The average molecular weight is 470 g/mol. The van der Waals surface area contributed by atoms with Gasteiger partial charge >= 0.3 is 0 Å². The maximum absolute atomic E-state index is 12.6. The summed E-state index contributed by atoms with van der Waals surface area (Å²) < 4.78 is 10.6. The van der Waals surface area contributed by atoms with Crippen molar-refractivity contribution >= 4 is 40.9 Å². The predicted octanol–water partition coefficient (Wildman–Crippen LogP) is 4.17. The molecule has 3 aromatic rings. The Labute approximate surface area is 194 Å². The van der Waals surface area contributed by atoms with Gasteiger partial charge in [0, 0.05) is 29.5 Å². The second-order valence-electron chi connectivity index (χ2n) is 6.90. The third kappa shape index (κ3) is 5.72. The normalized spacial score (nSPS) is 11.8. The molecule has 32 heavy (non-hydrogen) atoms. The molecule has 0 bridgehead atoms. The van der Waals surface area contributed by atoms with Gasteiger partial charge in [-0.05, 0) is 48.4 Å². The SMILES string of the molecule is O=C(CSc1ncccc1C(=O)NCCc1cccc(Cl)c1)Nc1ccc2c(c1)OCO2. The topological polar surface area (TPSA) is 89.6 Å². The van der Waals surface area contributed by atoms with E-state index < -0.39 is 0 Å². The number of hydrogen-bond acceptors (Lipinski definition) is 6. The van der Waals surface area contributed by atoms with E-state index in [1.807, 2.05) is 24.3 Å². The zero-order valence-electron chi connectivity index (χ0n) is 17.0. The van der Waals surface area contributed by atoms with E-state index in [1.165, 1.54) is 11.8 Å². The van der Waals surface area contributed by atoms with Crippen LogP contribution in [0.3, 0.4) is 0 Å². The van der Waals surface area contributed by atoms with Crippen molar-refractivity contribution in [2.75, 3.05) is 24.4 Å². The van der Waals surface area contributed by atoms with Gasteiger partial charge < -0.3 is 20.1 Å². The molecule has 2 amide bonds. The molecule has 1 aliphatic heterocycles. The molecule has 0 aliphatic carbocycles. The van der Waals surface area contributed by atoms with Crippen LogP contribution in [-0.4, -0.2) is 35.9 Å². The fraction of sp³-hybridized carbons (Fsp3) is 0.174. The Morgan fingerprint density at radius 2 is 1.94 bits per heavy atom. The van der Waals surface area contributed by atoms with Gasteiger partial charge in [-0.2, -0.15) is 0 Å². The molecule has 4 rings (SSSR count). The number of aromatic nitrogens is 1. The number of nitrogens with zero attached hydrogens (tertiary/aromatic N) is 1. The Morgan fingerprint density at radius 3 is 2.81 bits per heavy atom. The van der Waals surface area contributed by atoms with Crippen LogP contribution in [0.25, 0.3) is 0 Å². The maximum atomic E-state index is 12.6. The Bertz CT molecular complexity index is 1140. The molecule has 164 valence electrons. The summed E-state index contributed by atoms with van der Waals surface area (Å²) in [7, 11) is 0. The molecule has 1 aliphatic rings. The van der Waals surface area contributed by atoms with E-state index in [0.717, 1.165) is 5.56 Å². The van der Waals surface area contributed by atoms with Crippen molar-refractivity contribution in [3.63, 3.8) is 0 Å². The lowest BCUT2D eigenvalue weighted by atomic mass is 10.1. The Kier molecular flexibility index (Phi) is 7.14. The average Bonchev–Trinajstić information content (AvgIpc) is 3.26. The van der Waals surface area contributed by atoms with E-state index in [1.54, 1.807) is 36.5 Å². The fourth-order valence-electron chi connectivity index (χ4n) is 3.09. The number of fused-ring (bicyclic) bond motifs is 1. The quantitative estimate of drug-likeness (QED) is 0.481. The Morgan fingerprint density at radius 1 is 1.06 bits per heavy atom. The second-order valence-corrected chi connectivity index (χ2v) is 8.30. The number of amides is 2. The smallest absolute Gasteiger partial charge is 0.254 e. The van der Waals surface area contributed by atoms with Crippen LogP contribution >= 0.6 is 23.4 Å². The summed E-state index contributed by atoms with van der Waals surface area (Å²) in [6.45, 7) is 0.634. The van der Waals surface area contributed by atoms with Crippen LogP contribution in [0.15, 0.2) is 65.8 Å². The van der Waals surface area contributed by atoms with Gasteiger partial charge in [0.05, 0.1) is 11.3 Å². The van der Waals surface area contributed by atoms with E-state index in [0.29, 0.717) is 45.8 Å². The first kappa shape index (κ1) is 22.0. The summed E-state index contributed by atoms with van der Waals surface area (Å²) in [6, 6.07) is 16.1. The molecule has 2 heterocycles. The lowest BCUT2D eigenvalue weighted by Crippen LogP contribution is -2.26. The molecule has 0 atom stereocenters. The van der Waals surface area contributed by atoms with Gasteiger partial charge in [0.1, 0.15) is 5.03 Å². The van der Waals surface area contributed by atoms with Gasteiger partial charge in [-0.15, -0.1) is 0 Å². The number of thioether (sulfide) groups is 1. The van der Waals surface area contributed by atoms with Gasteiger partial charge in [0.25, 0.3) is 5.91 Å². The number of ether oxygens (including phenoxy) is 2. The van der Waals surface area contributed by atoms with Crippen molar-refractivity contribution in [3.05, 3.63) is 76.9 Å². The van der Waals surface area contributed by atoms with E-state index in [9.17, 15) is 9.59 Å². The molecule has 7 nitrogen and oxygen atoms in total. The summed E-state index contributed by atoms with van der Waals surface area (Å²) in [5.74, 6) is 0.897. The van der Waals surface area contributed by atoms with E-state index >= 15 is 0 Å². The molecule has 1 aromatic heterocycles. The van der Waals surface area contributed by atoms with Gasteiger partial charge in [-0.1, -0.05) is 35.5 Å². The van der Waals surface area contributed by atoms with Gasteiger partial charge in [0.15, 0.2) is 11.5 Å². The molecular formula is C23H20ClN3O4S. The van der Waals surface area contributed by atoms with Crippen molar-refractivity contribution in [3.8, 4) is 11.5 Å². The van der Waals surface area contributed by atoms with Crippen molar-refractivity contribution < 1.29 is 19.1 Å². The molecule has 2 N–H and O–H groups in total. The minimum atomic E-state index is -0.237. The largest absolute Gasteiger partial charge is 0.454 e. The predicted molar refractivity (Wildman–Crippen MR) is 124 cm³/mol. The number of carbonyl (C=O) groups excluding carboxylic acids is 2. The number of benzene rings is 2. The van der Waals surface area contributed by atoms with Crippen LogP contribution in [0.1, 0.15) is 15.9 Å². The molecule has 0 radical (unpaired) electrons. The van der Waals surface area contributed by atoms with Crippen LogP contribution < -0.4 is 20.1 Å². The minimum absolute atomic E-state index is 0.105. The van der Waals surface area contributed by atoms with Crippen molar-refractivity contribution in [2.45, 2.75) is 11.4 Å². The lowest BCUT2D eigenvalue weighted by Gasteiger charge is -2.10. The van der Waals surface area contributed by atoms with Gasteiger partial charge in [-0.3, -0.25) is 9.59 Å². The summed E-state index contributed by atoms with van der Waals surface area (Å²) in [6.07, 6.45) is 2.26. The fourth-order valence-corrected chi connectivity index (χ4v) is 4.10. The van der Waals surface area contributed by atoms with Crippen LogP contribution in [0.2, 0.25) is 5.02 Å². The van der Waals surface area contributed by atoms with Crippen molar-refractivity contribution in [2.24, 2.45) is 0 Å². The highest BCUT2D eigenvalue weighted by Gasteiger charge is 2.16. The number of nitrogens with one attached hydrogen (secondary N) is 2. The Hall–Kier alpha value is -3.23. The molecular weight excluding hydrogens is 450 g/mol. The monoisotopic (exact) mass is 469 g/mol. The molecule has 2 aromatic carbocycles. The highest BCUT2D eigenvalue weighted by molar-refractivity contribution is 8.00. The maximum Gasteiger partial charge on any atom is 0.254 e. The number of pyridine rings is 1. The third-order valence-corrected chi connectivity index (χ3v) is 5.84. The van der Waals surface area contributed by atoms with Crippen LogP contribution in [0, 0.1) is 0 Å². The molecule has 0 saturated heterocycles. The first-order chi connectivity index (χ1) is 15.6. The number of carbonyl (C=O) groups is 2. The van der Waals surface area contributed by atoms with E-state index in [2.05, 4.69) is 15.6 Å². The number of rotatable bonds is 8. The highest BCUT2D eigenvalue weighted by Crippen LogP contribution is 2.34. The number of anilines is 1.